The second-order valence-electron chi connectivity index (χ2n) is 4.41. The molecular weight excluding hydrogens is 236 g/mol. The number of hydrogen-bond donors (Lipinski definition) is 1. The van der Waals surface area contributed by atoms with Crippen LogP contribution in [0.4, 0.5) is 0 Å². The van der Waals surface area contributed by atoms with Gasteiger partial charge in [-0.3, -0.25) is 0 Å². The maximum absolute atomic E-state index is 11.1. The molecule has 0 spiro atoms. The second-order valence-corrected chi connectivity index (χ2v) is 4.41. The van der Waals surface area contributed by atoms with Crippen LogP contribution >= 0.6 is 0 Å². The van der Waals surface area contributed by atoms with E-state index in [1.807, 2.05) is 54.6 Å². The molecule has 0 atom stereocenters. The summed E-state index contributed by atoms with van der Waals surface area (Å²) in [7, 11) is 0. The van der Waals surface area contributed by atoms with Crippen molar-refractivity contribution in [3.05, 3.63) is 72.3 Å². The van der Waals surface area contributed by atoms with Crippen molar-refractivity contribution in [1.29, 1.82) is 0 Å². The normalized spacial score (nSPS) is 10.5. The fourth-order valence-corrected chi connectivity index (χ4v) is 2.28. The van der Waals surface area contributed by atoms with E-state index in [1.165, 1.54) is 0 Å². The number of carboxylic acid groups (broad SMARTS) is 1. The molecule has 1 N–H and O–H groups in total. The van der Waals surface area contributed by atoms with Gasteiger partial charge in [0.15, 0.2) is 0 Å². The summed E-state index contributed by atoms with van der Waals surface area (Å²) in [4.78, 5) is 11.1. The van der Waals surface area contributed by atoms with Crippen LogP contribution in [0, 0.1) is 0 Å². The lowest BCUT2D eigenvalue weighted by molar-refractivity contribution is 0.0697. The molecule has 2 nitrogen and oxygen atoms in total. The first kappa shape index (κ1) is 11.5. The van der Waals surface area contributed by atoms with E-state index in [4.69, 9.17) is 5.11 Å². The van der Waals surface area contributed by atoms with Gasteiger partial charge in [0.05, 0.1) is 5.56 Å². The van der Waals surface area contributed by atoms with Crippen LogP contribution in [0.1, 0.15) is 10.4 Å². The van der Waals surface area contributed by atoms with Crippen molar-refractivity contribution in [3.8, 4) is 11.1 Å². The lowest BCUT2D eigenvalue weighted by atomic mass is 9.97. The molecule has 2 heteroatoms. The number of aromatic carboxylic acids is 1. The Morgan fingerprint density at radius 3 is 2.37 bits per heavy atom. The Kier molecular flexibility index (Phi) is 2.76. The van der Waals surface area contributed by atoms with Crippen molar-refractivity contribution < 1.29 is 9.90 Å². The molecule has 0 saturated heterocycles. The summed E-state index contributed by atoms with van der Waals surface area (Å²) in [6, 6.07) is 21.2. The largest absolute Gasteiger partial charge is 0.478 e. The highest BCUT2D eigenvalue weighted by Gasteiger charge is 2.07. The predicted molar refractivity (Wildman–Crippen MR) is 76.3 cm³/mol. The van der Waals surface area contributed by atoms with Crippen molar-refractivity contribution in [3.63, 3.8) is 0 Å². The Morgan fingerprint density at radius 1 is 0.842 bits per heavy atom. The SMILES string of the molecule is O=C(O)c1ccc2cccc(-c3ccccc3)c2c1. The van der Waals surface area contributed by atoms with Gasteiger partial charge in [-0.25, -0.2) is 4.79 Å². The summed E-state index contributed by atoms with van der Waals surface area (Å²) in [6.45, 7) is 0. The van der Waals surface area contributed by atoms with Crippen molar-refractivity contribution in [2.75, 3.05) is 0 Å². The van der Waals surface area contributed by atoms with Crippen LogP contribution in [0.3, 0.4) is 0 Å². The van der Waals surface area contributed by atoms with E-state index in [0.717, 1.165) is 21.9 Å². The van der Waals surface area contributed by atoms with Gasteiger partial charge in [-0.15, -0.1) is 0 Å². The minimum Gasteiger partial charge on any atom is -0.478 e. The molecule has 3 aromatic carbocycles. The summed E-state index contributed by atoms with van der Waals surface area (Å²) >= 11 is 0. The van der Waals surface area contributed by atoms with E-state index in [9.17, 15) is 4.79 Å². The first-order valence-corrected chi connectivity index (χ1v) is 6.07. The third-order valence-corrected chi connectivity index (χ3v) is 3.21. The first-order chi connectivity index (χ1) is 9.25. The highest BCUT2D eigenvalue weighted by atomic mass is 16.4. The summed E-state index contributed by atoms with van der Waals surface area (Å²) < 4.78 is 0. The van der Waals surface area contributed by atoms with Gasteiger partial charge >= 0.3 is 5.97 Å². The summed E-state index contributed by atoms with van der Waals surface area (Å²) in [5.41, 5.74) is 2.47. The average molecular weight is 248 g/mol. The Balaban J connectivity index is 2.30. The molecule has 92 valence electrons. The van der Waals surface area contributed by atoms with Crippen molar-refractivity contribution in [2.45, 2.75) is 0 Å². The third kappa shape index (κ3) is 2.08. The Hall–Kier alpha value is -2.61. The Labute approximate surface area is 110 Å². The van der Waals surface area contributed by atoms with Crippen LogP contribution in [-0.2, 0) is 0 Å². The zero-order valence-electron chi connectivity index (χ0n) is 10.2. The average Bonchev–Trinajstić information content (AvgIpc) is 2.47. The molecule has 0 aliphatic rings. The predicted octanol–water partition coefficient (Wildman–Crippen LogP) is 4.21. The zero-order chi connectivity index (χ0) is 13.2. The number of rotatable bonds is 2. The zero-order valence-corrected chi connectivity index (χ0v) is 10.2. The van der Waals surface area contributed by atoms with Crippen LogP contribution in [0.15, 0.2) is 66.7 Å². The maximum Gasteiger partial charge on any atom is 0.335 e. The quantitative estimate of drug-likeness (QED) is 0.737. The highest BCUT2D eigenvalue weighted by Crippen LogP contribution is 2.29. The van der Waals surface area contributed by atoms with Crippen LogP contribution in [0.5, 0.6) is 0 Å². The molecule has 19 heavy (non-hydrogen) atoms. The van der Waals surface area contributed by atoms with Crippen molar-refractivity contribution in [2.24, 2.45) is 0 Å². The molecule has 0 amide bonds. The van der Waals surface area contributed by atoms with Gasteiger partial charge in [0.25, 0.3) is 0 Å². The molecule has 3 rings (SSSR count). The fraction of sp³-hybridized carbons (Fsp3) is 0. The maximum atomic E-state index is 11.1. The number of fused-ring (bicyclic) bond motifs is 1. The van der Waals surface area contributed by atoms with Gasteiger partial charge in [-0.1, -0.05) is 54.6 Å². The van der Waals surface area contributed by atoms with E-state index in [1.54, 1.807) is 12.1 Å². The Bertz CT molecular complexity index is 746. The van der Waals surface area contributed by atoms with Gasteiger partial charge in [0, 0.05) is 0 Å². The second kappa shape index (κ2) is 4.58. The number of benzene rings is 3. The molecule has 0 aliphatic carbocycles. The molecule has 0 fully saturated rings. The minimum absolute atomic E-state index is 0.316. The summed E-state index contributed by atoms with van der Waals surface area (Å²) in [6.07, 6.45) is 0. The molecule has 0 saturated carbocycles. The number of hydrogen-bond acceptors (Lipinski definition) is 1. The van der Waals surface area contributed by atoms with E-state index in [2.05, 4.69) is 0 Å². The van der Waals surface area contributed by atoms with Gasteiger partial charge < -0.3 is 5.11 Å². The minimum atomic E-state index is -0.898. The fourth-order valence-electron chi connectivity index (χ4n) is 2.28. The Morgan fingerprint density at radius 2 is 1.63 bits per heavy atom. The third-order valence-electron chi connectivity index (χ3n) is 3.21. The number of carboxylic acids is 1. The monoisotopic (exact) mass is 248 g/mol. The van der Waals surface area contributed by atoms with Gasteiger partial charge in [-0.05, 0) is 34.0 Å². The molecule has 0 aliphatic heterocycles. The summed E-state index contributed by atoms with van der Waals surface area (Å²) in [5.74, 6) is -0.898. The van der Waals surface area contributed by atoms with Crippen molar-refractivity contribution >= 4 is 16.7 Å². The van der Waals surface area contributed by atoms with Crippen molar-refractivity contribution in [1.82, 2.24) is 0 Å². The topological polar surface area (TPSA) is 37.3 Å². The van der Waals surface area contributed by atoms with Crippen LogP contribution in [0.2, 0.25) is 0 Å². The van der Waals surface area contributed by atoms with E-state index in [-0.39, 0.29) is 0 Å². The standard InChI is InChI=1S/C17H12O2/c18-17(19)14-10-9-13-7-4-8-15(16(13)11-14)12-5-2-1-3-6-12/h1-11H,(H,18,19). The van der Waals surface area contributed by atoms with Gasteiger partial charge in [0.2, 0.25) is 0 Å². The van der Waals surface area contributed by atoms with Crippen LogP contribution in [-0.4, -0.2) is 11.1 Å². The lowest BCUT2D eigenvalue weighted by Crippen LogP contribution is -1.95. The molecule has 0 heterocycles. The van der Waals surface area contributed by atoms with Crippen LogP contribution in [0.25, 0.3) is 21.9 Å². The molecular formula is C17H12O2. The number of carbonyl (C=O) groups is 1. The molecule has 0 radical (unpaired) electrons. The first-order valence-electron chi connectivity index (χ1n) is 6.07. The molecule has 3 aromatic rings. The summed E-state index contributed by atoms with van der Waals surface area (Å²) in [5, 5.41) is 11.1. The molecule has 0 aromatic heterocycles. The van der Waals surface area contributed by atoms with E-state index in [0.29, 0.717) is 5.56 Å². The molecule has 0 bridgehead atoms. The lowest BCUT2D eigenvalue weighted by Gasteiger charge is -2.07. The van der Waals surface area contributed by atoms with Gasteiger partial charge in [0.1, 0.15) is 0 Å². The van der Waals surface area contributed by atoms with E-state index >= 15 is 0 Å². The van der Waals surface area contributed by atoms with Gasteiger partial charge in [-0.2, -0.15) is 0 Å². The molecule has 0 unspecified atom stereocenters. The highest BCUT2D eigenvalue weighted by molar-refractivity contribution is 6.01. The van der Waals surface area contributed by atoms with E-state index < -0.39 is 5.97 Å². The smallest absolute Gasteiger partial charge is 0.335 e. The van der Waals surface area contributed by atoms with Crippen LogP contribution < -0.4 is 0 Å².